The minimum absolute atomic E-state index is 0.00367. The number of hydrogen-bond acceptors (Lipinski definition) is 2. The van der Waals surface area contributed by atoms with Gasteiger partial charge in [-0.15, -0.1) is 11.8 Å². The molecule has 1 N–H and O–H groups in total. The first-order valence-corrected chi connectivity index (χ1v) is 9.06. The summed E-state index contributed by atoms with van der Waals surface area (Å²) >= 11 is 1.63. The maximum atomic E-state index is 12.3. The molecule has 0 aliphatic rings. The van der Waals surface area contributed by atoms with Crippen molar-refractivity contribution in [3.8, 4) is 11.1 Å². The van der Waals surface area contributed by atoms with Gasteiger partial charge < -0.3 is 5.32 Å². The van der Waals surface area contributed by atoms with E-state index in [9.17, 15) is 4.79 Å². The Morgan fingerprint density at radius 2 is 1.46 bits per heavy atom. The number of nitrogens with one attached hydrogen (secondary N) is 1. The highest BCUT2D eigenvalue weighted by Crippen LogP contribution is 2.25. The second kappa shape index (κ2) is 7.84. The monoisotopic (exact) mass is 333 g/mol. The number of amides is 1. The van der Waals surface area contributed by atoms with Gasteiger partial charge in [0.1, 0.15) is 0 Å². The van der Waals surface area contributed by atoms with Gasteiger partial charge in [-0.25, -0.2) is 0 Å². The van der Waals surface area contributed by atoms with Gasteiger partial charge in [0.25, 0.3) is 0 Å². The topological polar surface area (TPSA) is 29.1 Å². The van der Waals surface area contributed by atoms with E-state index in [0.717, 1.165) is 21.7 Å². The predicted octanol–water partition coefficient (Wildman–Crippen LogP) is 5.26. The Hall–Kier alpha value is -2.52. The largest absolute Gasteiger partial charge is 0.325 e. The molecule has 3 aromatic rings. The molecule has 1 amide bonds. The molecule has 120 valence electrons. The second-order valence-corrected chi connectivity index (χ2v) is 6.34. The van der Waals surface area contributed by atoms with Crippen LogP contribution in [-0.2, 0) is 11.2 Å². The Morgan fingerprint density at radius 3 is 2.17 bits per heavy atom. The van der Waals surface area contributed by atoms with Crippen LogP contribution in [0.3, 0.4) is 0 Å². The third-order valence-corrected chi connectivity index (χ3v) is 4.60. The van der Waals surface area contributed by atoms with Crippen molar-refractivity contribution in [3.05, 3.63) is 84.4 Å². The summed E-state index contributed by atoms with van der Waals surface area (Å²) in [6.07, 6.45) is 2.38. The number of carbonyl (C=O) groups excluding carboxylic acids is 1. The van der Waals surface area contributed by atoms with Crippen LogP contribution in [-0.4, -0.2) is 12.2 Å². The van der Waals surface area contributed by atoms with Gasteiger partial charge in [0, 0.05) is 4.90 Å². The predicted molar refractivity (Wildman–Crippen MR) is 102 cm³/mol. The summed E-state index contributed by atoms with van der Waals surface area (Å²) in [4.78, 5) is 13.4. The molecule has 0 saturated carbocycles. The second-order valence-electron chi connectivity index (χ2n) is 5.49. The molecule has 0 unspecified atom stereocenters. The van der Waals surface area contributed by atoms with Crippen LogP contribution in [0.1, 0.15) is 5.56 Å². The third-order valence-electron chi connectivity index (χ3n) is 3.81. The van der Waals surface area contributed by atoms with Crippen molar-refractivity contribution in [3.63, 3.8) is 0 Å². The molecular formula is C21H19NOS. The zero-order valence-electron chi connectivity index (χ0n) is 13.5. The van der Waals surface area contributed by atoms with Gasteiger partial charge in [-0.05, 0) is 35.1 Å². The molecule has 0 bridgehead atoms. The Balaban J connectivity index is 1.67. The normalized spacial score (nSPS) is 10.4. The van der Waals surface area contributed by atoms with Gasteiger partial charge in [-0.3, -0.25) is 4.79 Å². The Kier molecular flexibility index (Phi) is 5.34. The zero-order chi connectivity index (χ0) is 16.8. The summed E-state index contributed by atoms with van der Waals surface area (Å²) < 4.78 is 0. The van der Waals surface area contributed by atoms with Crippen LogP contribution in [0.2, 0.25) is 0 Å². The summed E-state index contributed by atoms with van der Waals surface area (Å²) in [6.45, 7) is 0. The quantitative estimate of drug-likeness (QED) is 0.646. The molecule has 0 aromatic heterocycles. The van der Waals surface area contributed by atoms with Crippen LogP contribution < -0.4 is 5.32 Å². The Labute approximate surface area is 146 Å². The van der Waals surface area contributed by atoms with E-state index in [-0.39, 0.29) is 5.91 Å². The number of para-hydroxylation sites is 1. The van der Waals surface area contributed by atoms with Crippen molar-refractivity contribution in [2.75, 3.05) is 11.6 Å². The van der Waals surface area contributed by atoms with Crippen molar-refractivity contribution >= 4 is 23.4 Å². The van der Waals surface area contributed by atoms with Crippen molar-refractivity contribution < 1.29 is 4.79 Å². The van der Waals surface area contributed by atoms with Crippen molar-refractivity contribution in [1.29, 1.82) is 0 Å². The summed E-state index contributed by atoms with van der Waals surface area (Å²) in [5.74, 6) is 0.00367. The molecule has 0 radical (unpaired) electrons. The molecule has 0 heterocycles. The lowest BCUT2D eigenvalue weighted by Crippen LogP contribution is -2.14. The molecule has 0 saturated heterocycles. The number of carbonyl (C=O) groups is 1. The van der Waals surface area contributed by atoms with Gasteiger partial charge in [0.2, 0.25) is 5.91 Å². The first-order chi connectivity index (χ1) is 11.8. The Bertz CT molecular complexity index is 813. The number of anilines is 1. The van der Waals surface area contributed by atoms with Gasteiger partial charge in [0.15, 0.2) is 0 Å². The molecule has 0 atom stereocenters. The fourth-order valence-corrected chi connectivity index (χ4v) is 3.13. The maximum absolute atomic E-state index is 12.3. The summed E-state index contributed by atoms with van der Waals surface area (Å²) in [5.41, 5.74) is 4.22. The smallest absolute Gasteiger partial charge is 0.228 e. The molecule has 0 aliphatic heterocycles. The van der Waals surface area contributed by atoms with Crippen LogP contribution in [0.4, 0.5) is 5.69 Å². The van der Waals surface area contributed by atoms with Crippen LogP contribution >= 0.6 is 11.8 Å². The standard InChI is InChI=1S/C21H19NOS/c1-24-20-10-6-5-9-19(20)22-21(23)15-16-11-13-18(14-12-16)17-7-3-2-4-8-17/h2-14H,15H2,1H3,(H,22,23). The molecule has 3 rings (SSSR count). The maximum Gasteiger partial charge on any atom is 0.228 e. The van der Waals surface area contributed by atoms with E-state index in [4.69, 9.17) is 0 Å². The van der Waals surface area contributed by atoms with E-state index in [2.05, 4.69) is 29.6 Å². The molecular weight excluding hydrogens is 314 g/mol. The number of hydrogen-bond donors (Lipinski definition) is 1. The number of rotatable bonds is 5. The first-order valence-electron chi connectivity index (χ1n) is 7.83. The summed E-state index contributed by atoms with van der Waals surface area (Å²) in [6, 6.07) is 26.2. The average molecular weight is 333 g/mol. The molecule has 24 heavy (non-hydrogen) atoms. The Morgan fingerprint density at radius 1 is 0.833 bits per heavy atom. The molecule has 2 nitrogen and oxygen atoms in total. The van der Waals surface area contributed by atoms with E-state index in [1.807, 2.05) is 60.9 Å². The minimum atomic E-state index is 0.00367. The highest BCUT2D eigenvalue weighted by atomic mass is 32.2. The lowest BCUT2D eigenvalue weighted by Gasteiger charge is -2.09. The van der Waals surface area contributed by atoms with E-state index >= 15 is 0 Å². The third kappa shape index (κ3) is 4.06. The lowest BCUT2D eigenvalue weighted by molar-refractivity contribution is -0.115. The van der Waals surface area contributed by atoms with Crippen molar-refractivity contribution in [1.82, 2.24) is 0 Å². The lowest BCUT2D eigenvalue weighted by atomic mass is 10.0. The van der Waals surface area contributed by atoms with Gasteiger partial charge in [-0.2, -0.15) is 0 Å². The molecule has 0 aliphatic carbocycles. The van der Waals surface area contributed by atoms with Crippen LogP contribution in [0, 0.1) is 0 Å². The van der Waals surface area contributed by atoms with E-state index in [1.165, 1.54) is 5.56 Å². The van der Waals surface area contributed by atoms with Crippen molar-refractivity contribution in [2.24, 2.45) is 0 Å². The van der Waals surface area contributed by atoms with Gasteiger partial charge in [0.05, 0.1) is 12.1 Å². The molecule has 3 aromatic carbocycles. The van der Waals surface area contributed by atoms with Crippen LogP contribution in [0.25, 0.3) is 11.1 Å². The van der Waals surface area contributed by atoms with Crippen LogP contribution in [0.15, 0.2) is 83.8 Å². The highest BCUT2D eigenvalue weighted by molar-refractivity contribution is 7.98. The minimum Gasteiger partial charge on any atom is -0.325 e. The fourth-order valence-electron chi connectivity index (χ4n) is 2.57. The van der Waals surface area contributed by atoms with Gasteiger partial charge >= 0.3 is 0 Å². The van der Waals surface area contributed by atoms with Crippen LogP contribution in [0.5, 0.6) is 0 Å². The van der Waals surface area contributed by atoms with Gasteiger partial charge in [-0.1, -0.05) is 66.7 Å². The number of thioether (sulfide) groups is 1. The zero-order valence-corrected chi connectivity index (χ0v) is 14.3. The SMILES string of the molecule is CSc1ccccc1NC(=O)Cc1ccc(-c2ccccc2)cc1. The fraction of sp³-hybridized carbons (Fsp3) is 0.0952. The summed E-state index contributed by atoms with van der Waals surface area (Å²) in [5, 5.41) is 3.00. The summed E-state index contributed by atoms with van der Waals surface area (Å²) in [7, 11) is 0. The first kappa shape index (κ1) is 16.3. The highest BCUT2D eigenvalue weighted by Gasteiger charge is 2.07. The molecule has 0 spiro atoms. The molecule has 3 heteroatoms. The van der Waals surface area contributed by atoms with E-state index < -0.39 is 0 Å². The van der Waals surface area contributed by atoms with E-state index in [1.54, 1.807) is 11.8 Å². The average Bonchev–Trinajstić information content (AvgIpc) is 2.63. The van der Waals surface area contributed by atoms with Crippen molar-refractivity contribution in [2.45, 2.75) is 11.3 Å². The molecule has 0 fully saturated rings. The number of benzene rings is 3. The van der Waals surface area contributed by atoms with E-state index in [0.29, 0.717) is 6.42 Å².